The molecular formula is C21H30ClN3O4. The molecule has 5 atom stereocenters. The summed E-state index contributed by atoms with van der Waals surface area (Å²) in [6.07, 6.45) is 1.77. The molecular weight excluding hydrogens is 394 g/mol. The van der Waals surface area contributed by atoms with E-state index in [-0.39, 0.29) is 36.3 Å². The van der Waals surface area contributed by atoms with Gasteiger partial charge in [0.15, 0.2) is 0 Å². The van der Waals surface area contributed by atoms with Crippen LogP contribution >= 0.6 is 12.4 Å². The van der Waals surface area contributed by atoms with E-state index in [0.29, 0.717) is 24.9 Å². The molecule has 3 N–H and O–H groups in total. The molecule has 2 saturated carbocycles. The molecule has 0 aliphatic heterocycles. The SMILES string of the molecule is CN(C)CCCNC(=O)C1C2CC(OC(=O)c3ccccc3)C(C2)C1C(N)=O.Cl. The fourth-order valence-electron chi connectivity index (χ4n) is 4.71. The van der Waals surface area contributed by atoms with Crippen molar-refractivity contribution in [1.29, 1.82) is 0 Å². The highest BCUT2D eigenvalue weighted by molar-refractivity contribution is 5.90. The van der Waals surface area contributed by atoms with Crippen LogP contribution in [0.3, 0.4) is 0 Å². The third-order valence-corrected chi connectivity index (χ3v) is 5.92. The topological polar surface area (TPSA) is 102 Å². The number of hydrogen-bond donors (Lipinski definition) is 2. The normalized spacial score (nSPS) is 27.3. The van der Waals surface area contributed by atoms with E-state index >= 15 is 0 Å². The summed E-state index contributed by atoms with van der Waals surface area (Å²) in [5.41, 5.74) is 6.13. The van der Waals surface area contributed by atoms with Crippen molar-refractivity contribution in [3.05, 3.63) is 35.9 Å². The maximum absolute atomic E-state index is 12.7. The van der Waals surface area contributed by atoms with Gasteiger partial charge in [-0.1, -0.05) is 18.2 Å². The quantitative estimate of drug-likeness (QED) is 0.487. The molecule has 29 heavy (non-hydrogen) atoms. The van der Waals surface area contributed by atoms with E-state index in [1.807, 2.05) is 20.2 Å². The van der Waals surface area contributed by atoms with E-state index in [0.717, 1.165) is 13.0 Å². The number of nitrogens with zero attached hydrogens (tertiary/aromatic N) is 1. The summed E-state index contributed by atoms with van der Waals surface area (Å²) in [6, 6.07) is 8.79. The molecule has 0 spiro atoms. The second-order valence-electron chi connectivity index (χ2n) is 8.11. The molecule has 7 nitrogen and oxygen atoms in total. The third-order valence-electron chi connectivity index (χ3n) is 5.92. The maximum atomic E-state index is 12.7. The molecule has 0 radical (unpaired) electrons. The van der Waals surface area contributed by atoms with Gasteiger partial charge in [-0.3, -0.25) is 9.59 Å². The Morgan fingerprint density at radius 2 is 1.83 bits per heavy atom. The zero-order valence-electron chi connectivity index (χ0n) is 16.9. The highest BCUT2D eigenvalue weighted by atomic mass is 35.5. The Morgan fingerprint density at radius 3 is 2.45 bits per heavy atom. The van der Waals surface area contributed by atoms with Crippen LogP contribution in [0, 0.1) is 23.7 Å². The van der Waals surface area contributed by atoms with Gasteiger partial charge in [-0.25, -0.2) is 4.79 Å². The molecule has 8 heteroatoms. The molecule has 0 heterocycles. The summed E-state index contributed by atoms with van der Waals surface area (Å²) in [6.45, 7) is 1.45. The Hall–Kier alpha value is -2.12. The van der Waals surface area contributed by atoms with Gasteiger partial charge in [0.1, 0.15) is 6.10 Å². The first-order chi connectivity index (χ1) is 13.4. The number of ether oxygens (including phenoxy) is 1. The van der Waals surface area contributed by atoms with E-state index in [4.69, 9.17) is 10.5 Å². The minimum absolute atomic E-state index is 0. The zero-order valence-corrected chi connectivity index (χ0v) is 17.7. The van der Waals surface area contributed by atoms with Crippen LogP contribution in [0.25, 0.3) is 0 Å². The van der Waals surface area contributed by atoms with Crippen LogP contribution in [-0.2, 0) is 14.3 Å². The first kappa shape index (κ1) is 23.2. The van der Waals surface area contributed by atoms with Gasteiger partial charge in [0.2, 0.25) is 11.8 Å². The monoisotopic (exact) mass is 423 g/mol. The van der Waals surface area contributed by atoms with Gasteiger partial charge in [0, 0.05) is 12.5 Å². The van der Waals surface area contributed by atoms with Gasteiger partial charge in [-0.05, 0) is 58.0 Å². The molecule has 3 rings (SSSR count). The molecule has 0 aromatic heterocycles. The number of fused-ring (bicyclic) bond motifs is 2. The first-order valence-electron chi connectivity index (χ1n) is 9.86. The Bertz CT molecular complexity index is 728. The van der Waals surface area contributed by atoms with Gasteiger partial charge in [0.05, 0.1) is 17.4 Å². The predicted octanol–water partition coefficient (Wildman–Crippen LogP) is 1.46. The summed E-state index contributed by atoms with van der Waals surface area (Å²) in [7, 11) is 3.97. The second kappa shape index (κ2) is 10.1. The fraction of sp³-hybridized carbons (Fsp3) is 0.571. The first-order valence-corrected chi connectivity index (χ1v) is 9.86. The predicted molar refractivity (Wildman–Crippen MR) is 111 cm³/mol. The minimum atomic E-state index is -0.582. The maximum Gasteiger partial charge on any atom is 0.338 e. The smallest absolute Gasteiger partial charge is 0.338 e. The van der Waals surface area contributed by atoms with Crippen LogP contribution in [0.2, 0.25) is 0 Å². The lowest BCUT2D eigenvalue weighted by Gasteiger charge is -2.33. The molecule has 5 unspecified atom stereocenters. The number of carbonyl (C=O) groups excluding carboxylic acids is 3. The lowest BCUT2D eigenvalue weighted by molar-refractivity contribution is -0.137. The molecule has 2 bridgehead atoms. The number of halogens is 1. The van der Waals surface area contributed by atoms with Crippen LogP contribution in [0.4, 0.5) is 0 Å². The number of amides is 2. The average molecular weight is 424 g/mol. The van der Waals surface area contributed by atoms with Crippen LogP contribution in [-0.4, -0.2) is 56.0 Å². The molecule has 2 aliphatic rings. The van der Waals surface area contributed by atoms with Gasteiger partial charge in [-0.2, -0.15) is 0 Å². The molecule has 160 valence electrons. The number of benzene rings is 1. The van der Waals surface area contributed by atoms with Crippen LogP contribution in [0.15, 0.2) is 30.3 Å². The number of nitrogens with one attached hydrogen (secondary N) is 1. The van der Waals surface area contributed by atoms with Crippen molar-refractivity contribution >= 4 is 30.2 Å². The number of esters is 1. The highest BCUT2D eigenvalue weighted by Crippen LogP contribution is 2.53. The summed E-state index contributed by atoms with van der Waals surface area (Å²) in [5.74, 6) is -2.16. The van der Waals surface area contributed by atoms with Crippen LogP contribution in [0.1, 0.15) is 29.6 Å². The Kier molecular flexibility index (Phi) is 8.05. The van der Waals surface area contributed by atoms with Crippen LogP contribution < -0.4 is 11.1 Å². The molecule has 1 aromatic carbocycles. The summed E-state index contributed by atoms with van der Waals surface area (Å²) >= 11 is 0. The average Bonchev–Trinajstić information content (AvgIpc) is 3.23. The van der Waals surface area contributed by atoms with Gasteiger partial charge < -0.3 is 20.7 Å². The minimum Gasteiger partial charge on any atom is -0.458 e. The molecule has 1 aromatic rings. The van der Waals surface area contributed by atoms with Crippen molar-refractivity contribution in [3.63, 3.8) is 0 Å². The summed E-state index contributed by atoms with van der Waals surface area (Å²) < 4.78 is 5.68. The van der Waals surface area contributed by atoms with Gasteiger partial charge in [0.25, 0.3) is 0 Å². The van der Waals surface area contributed by atoms with Crippen molar-refractivity contribution in [1.82, 2.24) is 10.2 Å². The largest absolute Gasteiger partial charge is 0.458 e. The number of rotatable bonds is 8. The molecule has 0 saturated heterocycles. The highest BCUT2D eigenvalue weighted by Gasteiger charge is 2.58. The van der Waals surface area contributed by atoms with E-state index in [9.17, 15) is 14.4 Å². The van der Waals surface area contributed by atoms with Crippen molar-refractivity contribution in [2.45, 2.75) is 25.4 Å². The Morgan fingerprint density at radius 1 is 1.14 bits per heavy atom. The van der Waals surface area contributed by atoms with E-state index in [1.165, 1.54) is 0 Å². The van der Waals surface area contributed by atoms with Crippen molar-refractivity contribution in [2.24, 2.45) is 29.4 Å². The van der Waals surface area contributed by atoms with Crippen LogP contribution in [0.5, 0.6) is 0 Å². The third kappa shape index (κ3) is 5.28. The lowest BCUT2D eigenvalue weighted by Crippen LogP contribution is -2.47. The second-order valence-corrected chi connectivity index (χ2v) is 8.11. The molecule has 2 fully saturated rings. The molecule has 2 aliphatic carbocycles. The standard InChI is InChI=1S/C21H29N3O4.ClH/c1-24(2)10-6-9-23-20(26)17-14-11-15(18(17)19(22)25)16(12-14)28-21(27)13-7-4-3-5-8-13;/h3-5,7-8,14-18H,6,9-12H2,1-2H3,(H2,22,25)(H,23,26);1H. The molecule has 2 amide bonds. The number of nitrogens with two attached hydrogens (primary N) is 1. The summed E-state index contributed by atoms with van der Waals surface area (Å²) in [5, 5.41) is 2.95. The Balaban J connectivity index is 0.00000300. The van der Waals surface area contributed by atoms with E-state index in [1.54, 1.807) is 24.3 Å². The Labute approximate surface area is 177 Å². The fourth-order valence-corrected chi connectivity index (χ4v) is 4.71. The van der Waals surface area contributed by atoms with E-state index < -0.39 is 23.7 Å². The van der Waals surface area contributed by atoms with Crippen molar-refractivity contribution in [2.75, 3.05) is 27.2 Å². The summed E-state index contributed by atoms with van der Waals surface area (Å²) in [4.78, 5) is 39.3. The number of primary amides is 1. The number of carbonyl (C=O) groups is 3. The van der Waals surface area contributed by atoms with Crippen molar-refractivity contribution < 1.29 is 19.1 Å². The van der Waals surface area contributed by atoms with Gasteiger partial charge >= 0.3 is 5.97 Å². The van der Waals surface area contributed by atoms with E-state index in [2.05, 4.69) is 10.2 Å². The zero-order chi connectivity index (χ0) is 20.3. The number of hydrogen-bond acceptors (Lipinski definition) is 5. The van der Waals surface area contributed by atoms with Crippen molar-refractivity contribution in [3.8, 4) is 0 Å². The lowest BCUT2D eigenvalue weighted by atomic mass is 9.77. The van der Waals surface area contributed by atoms with Gasteiger partial charge in [-0.15, -0.1) is 12.4 Å².